The molecule has 3 aromatic rings. The number of carbonyl (C=O) groups is 1. The maximum atomic E-state index is 13.5. The van der Waals surface area contributed by atoms with Gasteiger partial charge in [0, 0.05) is 24.8 Å². The minimum absolute atomic E-state index is 0.0329. The molecular formula is C24H25N3O4S. The summed E-state index contributed by atoms with van der Waals surface area (Å²) in [7, 11) is -3.22. The van der Waals surface area contributed by atoms with Crippen LogP contribution in [0.4, 0.5) is 0 Å². The number of benzene rings is 2. The molecule has 32 heavy (non-hydrogen) atoms. The molecule has 0 bridgehead atoms. The number of nitrogens with zero attached hydrogens (tertiary/aromatic N) is 3. The molecule has 166 valence electrons. The van der Waals surface area contributed by atoms with Crippen molar-refractivity contribution in [1.82, 2.24) is 14.7 Å². The van der Waals surface area contributed by atoms with E-state index in [0.29, 0.717) is 6.42 Å². The second kappa shape index (κ2) is 8.70. The van der Waals surface area contributed by atoms with Crippen molar-refractivity contribution in [3.05, 3.63) is 93.4 Å². The van der Waals surface area contributed by atoms with Crippen molar-refractivity contribution in [3.8, 4) is 5.69 Å². The molecule has 1 unspecified atom stereocenters. The monoisotopic (exact) mass is 451 g/mol. The normalized spacial score (nSPS) is 17.2. The summed E-state index contributed by atoms with van der Waals surface area (Å²) in [4.78, 5) is 27.6. The van der Waals surface area contributed by atoms with Crippen LogP contribution in [0.3, 0.4) is 0 Å². The number of aryl methyl sites for hydroxylation is 2. The highest BCUT2D eigenvalue weighted by atomic mass is 32.2. The molecular weight excluding hydrogens is 426 g/mol. The molecule has 0 aliphatic carbocycles. The molecule has 1 saturated heterocycles. The summed E-state index contributed by atoms with van der Waals surface area (Å²) in [6.07, 6.45) is 1.87. The average molecular weight is 452 g/mol. The molecule has 7 nitrogen and oxygen atoms in total. The molecule has 0 saturated carbocycles. The molecule has 1 aromatic heterocycles. The van der Waals surface area contributed by atoms with Crippen LogP contribution < -0.4 is 5.43 Å². The van der Waals surface area contributed by atoms with Gasteiger partial charge >= 0.3 is 0 Å². The minimum Gasteiger partial charge on any atom is -0.329 e. The minimum atomic E-state index is -3.22. The summed E-state index contributed by atoms with van der Waals surface area (Å²) >= 11 is 0. The van der Waals surface area contributed by atoms with E-state index in [-0.39, 0.29) is 23.7 Å². The lowest BCUT2D eigenvalue weighted by atomic mass is 10.1. The first-order valence-corrected chi connectivity index (χ1v) is 12.3. The van der Waals surface area contributed by atoms with E-state index in [2.05, 4.69) is 5.10 Å². The third kappa shape index (κ3) is 4.80. The maximum Gasteiger partial charge on any atom is 0.278 e. The number of hydrogen-bond acceptors (Lipinski definition) is 5. The summed E-state index contributed by atoms with van der Waals surface area (Å²) < 4.78 is 25.7. The Morgan fingerprint density at radius 2 is 1.66 bits per heavy atom. The highest BCUT2D eigenvalue weighted by molar-refractivity contribution is 7.91. The molecule has 0 spiro atoms. The van der Waals surface area contributed by atoms with E-state index in [1.807, 2.05) is 62.4 Å². The van der Waals surface area contributed by atoms with Crippen molar-refractivity contribution in [2.24, 2.45) is 0 Å². The number of carbonyl (C=O) groups excluding carboxylic acids is 1. The number of hydrogen-bond donors (Lipinski definition) is 0. The van der Waals surface area contributed by atoms with Gasteiger partial charge in [-0.15, -0.1) is 0 Å². The lowest BCUT2D eigenvalue weighted by molar-refractivity contribution is 0.0671. The summed E-state index contributed by atoms with van der Waals surface area (Å²) in [6.45, 7) is 4.15. The molecule has 2 heterocycles. The standard InChI is InChI=1S/C24H25N3O4S/c1-17-3-7-19(8-4-17)15-26(21-12-14-32(30,31)16-21)24(29)23-22(28)11-13-27(25-23)20-9-5-18(2)6-10-20/h3-11,13,21H,12,14-16H2,1-2H3. The summed E-state index contributed by atoms with van der Waals surface area (Å²) in [5.41, 5.74) is 3.04. The Kier molecular flexibility index (Phi) is 5.97. The second-order valence-corrected chi connectivity index (χ2v) is 10.5. The van der Waals surface area contributed by atoms with Gasteiger partial charge in [-0.2, -0.15) is 5.10 Å². The Balaban J connectivity index is 1.71. The second-order valence-electron chi connectivity index (χ2n) is 8.28. The topological polar surface area (TPSA) is 89.3 Å². The van der Waals surface area contributed by atoms with E-state index in [0.717, 1.165) is 22.4 Å². The Hall–Kier alpha value is -3.26. The van der Waals surface area contributed by atoms with Gasteiger partial charge in [0.25, 0.3) is 5.91 Å². The zero-order chi connectivity index (χ0) is 22.9. The first-order valence-electron chi connectivity index (χ1n) is 10.5. The predicted octanol–water partition coefficient (Wildman–Crippen LogP) is 2.68. The van der Waals surface area contributed by atoms with Gasteiger partial charge in [0.2, 0.25) is 5.43 Å². The zero-order valence-electron chi connectivity index (χ0n) is 18.1. The van der Waals surface area contributed by atoms with E-state index in [4.69, 9.17) is 0 Å². The number of aromatic nitrogens is 2. The Morgan fingerprint density at radius 1 is 1.03 bits per heavy atom. The number of rotatable bonds is 5. The van der Waals surface area contributed by atoms with Crippen LogP contribution in [0.25, 0.3) is 5.69 Å². The smallest absolute Gasteiger partial charge is 0.278 e. The fourth-order valence-corrected chi connectivity index (χ4v) is 5.54. The molecule has 1 amide bonds. The van der Waals surface area contributed by atoms with Gasteiger partial charge in [0.15, 0.2) is 15.5 Å². The Labute approximate surface area is 187 Å². The van der Waals surface area contributed by atoms with Crippen LogP contribution in [0.15, 0.2) is 65.6 Å². The highest BCUT2D eigenvalue weighted by Crippen LogP contribution is 2.22. The van der Waals surface area contributed by atoms with Crippen LogP contribution >= 0.6 is 0 Å². The largest absolute Gasteiger partial charge is 0.329 e. The van der Waals surface area contributed by atoms with Crippen molar-refractivity contribution in [2.75, 3.05) is 11.5 Å². The van der Waals surface area contributed by atoms with Crippen LogP contribution in [-0.2, 0) is 16.4 Å². The van der Waals surface area contributed by atoms with Gasteiger partial charge in [0.1, 0.15) is 0 Å². The SMILES string of the molecule is Cc1ccc(CN(C(=O)c2nn(-c3ccc(C)cc3)ccc2=O)C2CCS(=O)(=O)C2)cc1. The summed E-state index contributed by atoms with van der Waals surface area (Å²) in [6, 6.07) is 16.1. The van der Waals surface area contributed by atoms with Gasteiger partial charge in [-0.3, -0.25) is 9.59 Å². The third-order valence-electron chi connectivity index (χ3n) is 5.69. The fourth-order valence-electron chi connectivity index (χ4n) is 3.81. The highest BCUT2D eigenvalue weighted by Gasteiger charge is 2.36. The zero-order valence-corrected chi connectivity index (χ0v) is 18.9. The molecule has 2 aromatic carbocycles. The number of sulfone groups is 1. The Morgan fingerprint density at radius 3 is 2.25 bits per heavy atom. The van der Waals surface area contributed by atoms with Gasteiger partial charge in [-0.1, -0.05) is 47.5 Å². The maximum absolute atomic E-state index is 13.5. The third-order valence-corrected chi connectivity index (χ3v) is 7.44. The first-order chi connectivity index (χ1) is 15.2. The predicted molar refractivity (Wildman–Crippen MR) is 123 cm³/mol. The molecule has 4 rings (SSSR count). The van der Waals surface area contributed by atoms with Crippen LogP contribution in [0.2, 0.25) is 0 Å². The van der Waals surface area contributed by atoms with Gasteiger partial charge < -0.3 is 4.90 Å². The van der Waals surface area contributed by atoms with Gasteiger partial charge in [-0.05, 0) is 38.0 Å². The quantitative estimate of drug-likeness (QED) is 0.595. The fraction of sp³-hybridized carbons (Fsp3) is 0.292. The van der Waals surface area contributed by atoms with E-state index >= 15 is 0 Å². The average Bonchev–Trinajstić information content (AvgIpc) is 3.13. The summed E-state index contributed by atoms with van der Waals surface area (Å²) in [5, 5.41) is 4.32. The molecule has 1 atom stereocenters. The molecule has 0 radical (unpaired) electrons. The van der Waals surface area contributed by atoms with Crippen LogP contribution in [0.5, 0.6) is 0 Å². The van der Waals surface area contributed by atoms with Crippen molar-refractivity contribution in [2.45, 2.75) is 32.9 Å². The molecule has 1 fully saturated rings. The van der Waals surface area contributed by atoms with E-state index in [1.165, 1.54) is 21.8 Å². The summed E-state index contributed by atoms with van der Waals surface area (Å²) in [5.74, 6) is -0.631. The van der Waals surface area contributed by atoms with Crippen molar-refractivity contribution in [1.29, 1.82) is 0 Å². The van der Waals surface area contributed by atoms with Crippen LogP contribution in [0.1, 0.15) is 33.6 Å². The number of amides is 1. The van der Waals surface area contributed by atoms with Crippen molar-refractivity contribution >= 4 is 15.7 Å². The van der Waals surface area contributed by atoms with E-state index < -0.39 is 27.2 Å². The Bertz CT molecular complexity index is 1300. The first kappa shape index (κ1) is 22.0. The van der Waals surface area contributed by atoms with Gasteiger partial charge in [-0.25, -0.2) is 13.1 Å². The molecule has 0 N–H and O–H groups in total. The van der Waals surface area contributed by atoms with Gasteiger partial charge in [0.05, 0.1) is 17.2 Å². The lowest BCUT2D eigenvalue weighted by Crippen LogP contribution is -2.43. The molecule has 1 aliphatic rings. The molecule has 8 heteroatoms. The van der Waals surface area contributed by atoms with Crippen LogP contribution in [0, 0.1) is 13.8 Å². The van der Waals surface area contributed by atoms with Crippen LogP contribution in [-0.4, -0.2) is 46.6 Å². The van der Waals surface area contributed by atoms with E-state index in [1.54, 1.807) is 0 Å². The van der Waals surface area contributed by atoms with Crippen molar-refractivity contribution in [3.63, 3.8) is 0 Å². The van der Waals surface area contributed by atoms with Crippen molar-refractivity contribution < 1.29 is 13.2 Å². The molecule has 1 aliphatic heterocycles. The van der Waals surface area contributed by atoms with E-state index in [9.17, 15) is 18.0 Å². The lowest BCUT2D eigenvalue weighted by Gasteiger charge is -2.28.